The van der Waals surface area contributed by atoms with Crippen molar-refractivity contribution < 1.29 is 4.79 Å². The van der Waals surface area contributed by atoms with Gasteiger partial charge in [-0.2, -0.15) is 5.26 Å². The van der Waals surface area contributed by atoms with E-state index in [9.17, 15) is 4.79 Å². The number of benzene rings is 1. The normalized spacial score (nSPS) is 22.1. The van der Waals surface area contributed by atoms with Crippen LogP contribution in [0.1, 0.15) is 37.3 Å². The molecule has 1 heterocycles. The highest BCUT2D eigenvalue weighted by Gasteiger charge is 2.26. The van der Waals surface area contributed by atoms with Gasteiger partial charge in [0.1, 0.15) is 0 Å². The second-order valence-electron chi connectivity index (χ2n) is 5.44. The minimum Gasteiger partial charge on any atom is -0.324 e. The summed E-state index contributed by atoms with van der Waals surface area (Å²) >= 11 is 0. The third-order valence-electron chi connectivity index (χ3n) is 4.03. The lowest BCUT2D eigenvalue weighted by molar-refractivity contribution is -0.119. The standard InChI is InChI=1S/C16H21N3O/c1-3-12-6-7-18-15(8-12)16(20)19-14-9-13(10-17)5-4-11(14)2/h4-5,9,12,15,18H,3,6-8H2,1-2H3,(H,19,20). The van der Waals surface area contributed by atoms with Crippen molar-refractivity contribution in [3.8, 4) is 6.07 Å². The van der Waals surface area contributed by atoms with Crippen LogP contribution < -0.4 is 10.6 Å². The lowest BCUT2D eigenvalue weighted by atomic mass is 9.90. The average Bonchev–Trinajstić information content (AvgIpc) is 2.49. The first-order chi connectivity index (χ1) is 9.63. The zero-order valence-corrected chi connectivity index (χ0v) is 12.1. The van der Waals surface area contributed by atoms with Crippen LogP contribution >= 0.6 is 0 Å². The molecule has 0 aromatic heterocycles. The number of hydrogen-bond acceptors (Lipinski definition) is 3. The Hall–Kier alpha value is -1.86. The fourth-order valence-corrected chi connectivity index (χ4v) is 2.61. The number of carbonyl (C=O) groups excluding carboxylic acids is 1. The maximum Gasteiger partial charge on any atom is 0.241 e. The first-order valence-corrected chi connectivity index (χ1v) is 7.19. The van der Waals surface area contributed by atoms with Gasteiger partial charge in [-0.25, -0.2) is 0 Å². The van der Waals surface area contributed by atoms with E-state index >= 15 is 0 Å². The van der Waals surface area contributed by atoms with Crippen LogP contribution in [-0.2, 0) is 4.79 Å². The van der Waals surface area contributed by atoms with Crippen LogP contribution in [0.4, 0.5) is 5.69 Å². The van der Waals surface area contributed by atoms with Crippen molar-refractivity contribution in [2.75, 3.05) is 11.9 Å². The second kappa shape index (κ2) is 6.53. The molecule has 0 radical (unpaired) electrons. The van der Waals surface area contributed by atoms with Crippen LogP contribution in [0.2, 0.25) is 0 Å². The Morgan fingerprint density at radius 1 is 1.55 bits per heavy atom. The van der Waals surface area contributed by atoms with Crippen LogP contribution in [0.25, 0.3) is 0 Å². The molecule has 1 amide bonds. The van der Waals surface area contributed by atoms with Gasteiger partial charge in [-0.15, -0.1) is 0 Å². The van der Waals surface area contributed by atoms with Gasteiger partial charge < -0.3 is 10.6 Å². The molecule has 0 aliphatic carbocycles. The highest BCUT2D eigenvalue weighted by Crippen LogP contribution is 2.21. The van der Waals surface area contributed by atoms with E-state index in [2.05, 4.69) is 23.6 Å². The number of nitrogens with one attached hydrogen (secondary N) is 2. The maximum atomic E-state index is 12.3. The minimum absolute atomic E-state index is 0.00124. The average molecular weight is 271 g/mol. The molecular weight excluding hydrogens is 250 g/mol. The molecular formula is C16H21N3O. The number of hydrogen-bond donors (Lipinski definition) is 2. The number of carbonyl (C=O) groups is 1. The summed E-state index contributed by atoms with van der Waals surface area (Å²) in [6.45, 7) is 5.00. The van der Waals surface area contributed by atoms with Crippen molar-refractivity contribution in [2.45, 2.75) is 39.2 Å². The molecule has 1 saturated heterocycles. The van der Waals surface area contributed by atoms with Gasteiger partial charge in [0.05, 0.1) is 17.7 Å². The van der Waals surface area contributed by atoms with Crippen molar-refractivity contribution in [1.82, 2.24) is 5.32 Å². The molecule has 1 aromatic carbocycles. The highest BCUT2D eigenvalue weighted by atomic mass is 16.2. The summed E-state index contributed by atoms with van der Waals surface area (Å²) in [5.41, 5.74) is 2.27. The van der Waals surface area contributed by atoms with E-state index in [0.717, 1.165) is 37.1 Å². The number of anilines is 1. The third kappa shape index (κ3) is 3.37. The smallest absolute Gasteiger partial charge is 0.241 e. The van der Waals surface area contributed by atoms with E-state index in [1.54, 1.807) is 12.1 Å². The van der Waals surface area contributed by atoms with Gasteiger partial charge in [0.15, 0.2) is 0 Å². The van der Waals surface area contributed by atoms with E-state index in [1.165, 1.54) is 0 Å². The predicted molar refractivity (Wildman–Crippen MR) is 79.3 cm³/mol. The van der Waals surface area contributed by atoms with E-state index in [0.29, 0.717) is 11.5 Å². The molecule has 1 aliphatic heterocycles. The summed E-state index contributed by atoms with van der Waals surface area (Å²) in [7, 11) is 0. The van der Waals surface area contributed by atoms with Gasteiger partial charge in [0.2, 0.25) is 5.91 Å². The van der Waals surface area contributed by atoms with Crippen molar-refractivity contribution in [2.24, 2.45) is 5.92 Å². The Balaban J connectivity index is 2.06. The molecule has 1 aliphatic rings. The zero-order chi connectivity index (χ0) is 14.5. The minimum atomic E-state index is -0.126. The summed E-state index contributed by atoms with van der Waals surface area (Å²) in [6.07, 6.45) is 3.15. The molecule has 0 saturated carbocycles. The van der Waals surface area contributed by atoms with Crippen LogP contribution in [0.5, 0.6) is 0 Å². The molecule has 2 N–H and O–H groups in total. The fraction of sp³-hybridized carbons (Fsp3) is 0.500. The van der Waals surface area contributed by atoms with Crippen LogP contribution in [-0.4, -0.2) is 18.5 Å². The molecule has 1 fully saturated rings. The second-order valence-corrected chi connectivity index (χ2v) is 5.44. The van der Waals surface area contributed by atoms with E-state index in [-0.39, 0.29) is 11.9 Å². The fourth-order valence-electron chi connectivity index (χ4n) is 2.61. The molecule has 0 bridgehead atoms. The summed E-state index contributed by atoms with van der Waals surface area (Å²) in [6, 6.07) is 7.32. The SMILES string of the molecule is CCC1CCNC(C(=O)Nc2cc(C#N)ccc2C)C1. The van der Waals surface area contributed by atoms with Crippen LogP contribution in [0.3, 0.4) is 0 Å². The lowest BCUT2D eigenvalue weighted by Crippen LogP contribution is -2.46. The highest BCUT2D eigenvalue weighted by molar-refractivity contribution is 5.95. The Morgan fingerprint density at radius 3 is 3.05 bits per heavy atom. The van der Waals surface area contributed by atoms with E-state index in [4.69, 9.17) is 5.26 Å². The first-order valence-electron chi connectivity index (χ1n) is 7.19. The van der Waals surface area contributed by atoms with Gasteiger partial charge in [-0.1, -0.05) is 19.4 Å². The van der Waals surface area contributed by atoms with Crippen molar-refractivity contribution in [1.29, 1.82) is 5.26 Å². The molecule has 20 heavy (non-hydrogen) atoms. The Labute approximate surface area is 120 Å². The van der Waals surface area contributed by atoms with Gasteiger partial charge in [0.25, 0.3) is 0 Å². The zero-order valence-electron chi connectivity index (χ0n) is 12.1. The molecule has 0 spiro atoms. The maximum absolute atomic E-state index is 12.3. The van der Waals surface area contributed by atoms with Gasteiger partial charge in [0, 0.05) is 5.69 Å². The number of rotatable bonds is 3. The monoisotopic (exact) mass is 271 g/mol. The molecule has 4 heteroatoms. The summed E-state index contributed by atoms with van der Waals surface area (Å²) in [5.74, 6) is 0.625. The lowest BCUT2D eigenvalue weighted by Gasteiger charge is -2.29. The number of nitrogens with zero attached hydrogens (tertiary/aromatic N) is 1. The van der Waals surface area contributed by atoms with E-state index < -0.39 is 0 Å². The molecule has 106 valence electrons. The van der Waals surface area contributed by atoms with Crippen molar-refractivity contribution in [3.05, 3.63) is 29.3 Å². The Kier molecular flexibility index (Phi) is 4.75. The first kappa shape index (κ1) is 14.5. The number of aryl methyl sites for hydroxylation is 1. The van der Waals surface area contributed by atoms with Crippen LogP contribution in [0.15, 0.2) is 18.2 Å². The van der Waals surface area contributed by atoms with Crippen molar-refractivity contribution in [3.63, 3.8) is 0 Å². The van der Waals surface area contributed by atoms with Gasteiger partial charge >= 0.3 is 0 Å². The largest absolute Gasteiger partial charge is 0.324 e. The topological polar surface area (TPSA) is 64.9 Å². The number of piperidine rings is 1. The molecule has 2 atom stereocenters. The molecule has 1 aromatic rings. The molecule has 2 unspecified atom stereocenters. The Morgan fingerprint density at radius 2 is 2.35 bits per heavy atom. The molecule has 4 nitrogen and oxygen atoms in total. The van der Waals surface area contributed by atoms with E-state index in [1.807, 2.05) is 13.0 Å². The van der Waals surface area contributed by atoms with Gasteiger partial charge in [-0.05, 0) is 49.9 Å². The molecule has 2 rings (SSSR count). The summed E-state index contributed by atoms with van der Waals surface area (Å²) in [5, 5.41) is 15.1. The quantitative estimate of drug-likeness (QED) is 0.888. The summed E-state index contributed by atoms with van der Waals surface area (Å²) < 4.78 is 0. The third-order valence-corrected chi connectivity index (χ3v) is 4.03. The number of nitriles is 1. The van der Waals surface area contributed by atoms with Crippen molar-refractivity contribution >= 4 is 11.6 Å². The predicted octanol–water partition coefficient (Wildman–Crippen LogP) is 2.58. The summed E-state index contributed by atoms with van der Waals surface area (Å²) in [4.78, 5) is 12.3. The Bertz CT molecular complexity index is 533. The number of amides is 1. The van der Waals surface area contributed by atoms with Gasteiger partial charge in [-0.3, -0.25) is 4.79 Å². The van der Waals surface area contributed by atoms with Crippen LogP contribution in [0, 0.1) is 24.2 Å².